The molecule has 5 heteroatoms. The normalized spacial score (nSPS) is 27.9. The van der Waals surface area contributed by atoms with Crippen molar-refractivity contribution in [1.82, 2.24) is 14.7 Å². The van der Waals surface area contributed by atoms with Gasteiger partial charge in [-0.2, -0.15) is 5.10 Å². The number of likely N-dealkylation sites (tertiary alicyclic amines) is 1. The van der Waals surface area contributed by atoms with E-state index >= 15 is 0 Å². The number of amidine groups is 1. The minimum atomic E-state index is 0.406. The van der Waals surface area contributed by atoms with Gasteiger partial charge in [-0.05, 0) is 26.7 Å². The summed E-state index contributed by atoms with van der Waals surface area (Å²) in [7, 11) is 1.94. The van der Waals surface area contributed by atoms with E-state index in [9.17, 15) is 0 Å². The van der Waals surface area contributed by atoms with Gasteiger partial charge in [-0.1, -0.05) is 0 Å². The van der Waals surface area contributed by atoms with Crippen LogP contribution in [0.1, 0.15) is 25.5 Å². The van der Waals surface area contributed by atoms with Gasteiger partial charge in [0.15, 0.2) is 0 Å². The molecule has 5 nitrogen and oxygen atoms in total. The molecular weight excluding hydrogens is 228 g/mol. The Bertz CT molecular complexity index is 467. The molecule has 1 aromatic rings. The Morgan fingerprint density at radius 1 is 1.39 bits per heavy atom. The highest BCUT2D eigenvalue weighted by molar-refractivity contribution is 5.83. The highest BCUT2D eigenvalue weighted by Crippen LogP contribution is 2.27. The summed E-state index contributed by atoms with van der Waals surface area (Å²) in [6.07, 6.45) is 5.03. The van der Waals surface area contributed by atoms with Crippen molar-refractivity contribution in [2.24, 2.45) is 12.0 Å². The molecule has 0 amide bonds. The second-order valence-corrected chi connectivity index (χ2v) is 5.26. The van der Waals surface area contributed by atoms with Crippen LogP contribution in [-0.2, 0) is 11.8 Å². The number of rotatable bonds is 1. The summed E-state index contributed by atoms with van der Waals surface area (Å²) in [5, 5.41) is 4.22. The zero-order valence-electron chi connectivity index (χ0n) is 11.3. The lowest BCUT2D eigenvalue weighted by molar-refractivity contribution is -0.0158. The largest absolute Gasteiger partial charge is 0.371 e. The minimum absolute atomic E-state index is 0.406. The van der Waals surface area contributed by atoms with Crippen LogP contribution < -0.4 is 0 Å². The van der Waals surface area contributed by atoms with Gasteiger partial charge in [0.25, 0.3) is 0 Å². The number of nitrogens with zero attached hydrogens (tertiary/aromatic N) is 4. The number of aromatic nitrogens is 2. The lowest BCUT2D eigenvalue weighted by Gasteiger charge is -2.33. The monoisotopic (exact) mass is 248 g/mol. The molecule has 0 saturated carbocycles. The molecule has 0 aromatic carbocycles. The second kappa shape index (κ2) is 4.39. The molecule has 0 spiro atoms. The number of hydrogen-bond donors (Lipinski definition) is 0. The standard InChI is InChI=1S/C13H20N4O/c1-9-13(6-14-16(9)3)15-10(2)17-7-11-4-5-12(8-17)18-11/h6,11-12H,4-5,7-8H2,1-3H3. The molecule has 98 valence electrons. The van der Waals surface area contributed by atoms with Gasteiger partial charge >= 0.3 is 0 Å². The zero-order chi connectivity index (χ0) is 12.7. The summed E-state index contributed by atoms with van der Waals surface area (Å²) >= 11 is 0. The van der Waals surface area contributed by atoms with Crippen molar-refractivity contribution in [2.75, 3.05) is 13.1 Å². The number of morpholine rings is 1. The molecule has 2 bridgehead atoms. The van der Waals surface area contributed by atoms with Gasteiger partial charge in [-0.3, -0.25) is 4.68 Å². The Kier molecular flexibility index (Phi) is 2.86. The lowest BCUT2D eigenvalue weighted by atomic mass is 10.2. The average molecular weight is 248 g/mol. The van der Waals surface area contributed by atoms with Crippen LogP contribution in [0.2, 0.25) is 0 Å². The van der Waals surface area contributed by atoms with Gasteiger partial charge in [0, 0.05) is 20.1 Å². The van der Waals surface area contributed by atoms with E-state index in [1.54, 1.807) is 0 Å². The van der Waals surface area contributed by atoms with E-state index in [1.165, 1.54) is 12.8 Å². The zero-order valence-corrected chi connectivity index (χ0v) is 11.3. The Morgan fingerprint density at radius 3 is 2.61 bits per heavy atom. The molecule has 2 atom stereocenters. The summed E-state index contributed by atoms with van der Waals surface area (Å²) in [6, 6.07) is 0. The van der Waals surface area contributed by atoms with Crippen LogP contribution >= 0.6 is 0 Å². The van der Waals surface area contributed by atoms with Gasteiger partial charge < -0.3 is 9.64 Å². The first-order chi connectivity index (χ1) is 8.63. The molecule has 3 rings (SSSR count). The van der Waals surface area contributed by atoms with E-state index in [4.69, 9.17) is 9.73 Å². The van der Waals surface area contributed by atoms with Crippen molar-refractivity contribution in [3.05, 3.63) is 11.9 Å². The number of aryl methyl sites for hydroxylation is 1. The molecular formula is C13H20N4O. The van der Waals surface area contributed by atoms with Crippen LogP contribution in [-0.4, -0.2) is 45.8 Å². The maximum atomic E-state index is 5.84. The first kappa shape index (κ1) is 11.7. The van der Waals surface area contributed by atoms with Crippen molar-refractivity contribution in [1.29, 1.82) is 0 Å². The molecule has 0 aliphatic carbocycles. The second-order valence-electron chi connectivity index (χ2n) is 5.26. The van der Waals surface area contributed by atoms with Gasteiger partial charge in [-0.15, -0.1) is 0 Å². The molecule has 0 N–H and O–H groups in total. The summed E-state index contributed by atoms with van der Waals surface area (Å²) in [5.74, 6) is 1.08. The number of hydrogen-bond acceptors (Lipinski definition) is 3. The lowest BCUT2D eigenvalue weighted by Crippen LogP contribution is -2.44. The Hall–Kier alpha value is -1.36. The molecule has 2 aliphatic heterocycles. The van der Waals surface area contributed by atoms with Crippen LogP contribution in [0.25, 0.3) is 0 Å². The Morgan fingerprint density at radius 2 is 2.06 bits per heavy atom. The molecule has 18 heavy (non-hydrogen) atoms. The average Bonchev–Trinajstić information content (AvgIpc) is 2.85. The fourth-order valence-electron chi connectivity index (χ4n) is 2.72. The van der Waals surface area contributed by atoms with Crippen LogP contribution in [0.3, 0.4) is 0 Å². The SMILES string of the molecule is CC(=Nc1cnn(C)c1C)N1CC2CCC(C1)O2. The molecule has 2 saturated heterocycles. The van der Waals surface area contributed by atoms with Crippen molar-refractivity contribution in [3.8, 4) is 0 Å². The number of aliphatic imine (C=N–C) groups is 1. The fraction of sp³-hybridized carbons (Fsp3) is 0.692. The van der Waals surface area contributed by atoms with Crippen molar-refractivity contribution in [2.45, 2.75) is 38.9 Å². The molecule has 1 aromatic heterocycles. The third-order valence-electron chi connectivity index (χ3n) is 3.99. The Labute approximate surface area is 107 Å². The van der Waals surface area contributed by atoms with E-state index in [-0.39, 0.29) is 0 Å². The van der Waals surface area contributed by atoms with E-state index in [1.807, 2.05) is 24.9 Å². The van der Waals surface area contributed by atoms with Crippen LogP contribution in [0, 0.1) is 6.92 Å². The van der Waals surface area contributed by atoms with Crippen molar-refractivity contribution >= 4 is 11.5 Å². The maximum Gasteiger partial charge on any atom is 0.106 e. The summed E-state index contributed by atoms with van der Waals surface area (Å²) < 4.78 is 7.70. The first-order valence-electron chi connectivity index (χ1n) is 6.58. The fourth-order valence-corrected chi connectivity index (χ4v) is 2.72. The Balaban J connectivity index is 1.78. The highest BCUT2D eigenvalue weighted by Gasteiger charge is 2.34. The van der Waals surface area contributed by atoms with Crippen molar-refractivity contribution in [3.63, 3.8) is 0 Å². The van der Waals surface area contributed by atoms with Gasteiger partial charge in [-0.25, -0.2) is 4.99 Å². The first-order valence-corrected chi connectivity index (χ1v) is 6.58. The molecule has 2 unspecified atom stereocenters. The third-order valence-corrected chi connectivity index (χ3v) is 3.99. The van der Waals surface area contributed by atoms with Gasteiger partial charge in [0.2, 0.25) is 0 Å². The van der Waals surface area contributed by atoms with E-state index < -0.39 is 0 Å². The van der Waals surface area contributed by atoms with Crippen LogP contribution in [0.5, 0.6) is 0 Å². The summed E-state index contributed by atoms with van der Waals surface area (Å²) in [5.41, 5.74) is 2.07. The predicted octanol–water partition coefficient (Wildman–Crippen LogP) is 1.64. The number of ether oxygens (including phenoxy) is 1. The van der Waals surface area contributed by atoms with Crippen LogP contribution in [0.15, 0.2) is 11.2 Å². The minimum Gasteiger partial charge on any atom is -0.371 e. The molecule has 0 radical (unpaired) electrons. The van der Waals surface area contributed by atoms with Crippen LogP contribution in [0.4, 0.5) is 5.69 Å². The molecule has 2 aliphatic rings. The van der Waals surface area contributed by atoms with E-state index in [2.05, 4.69) is 16.9 Å². The smallest absolute Gasteiger partial charge is 0.106 e. The van der Waals surface area contributed by atoms with Gasteiger partial charge in [0.05, 0.1) is 24.1 Å². The summed E-state index contributed by atoms with van der Waals surface area (Å²) in [6.45, 7) is 6.08. The quantitative estimate of drug-likeness (QED) is 0.560. The third kappa shape index (κ3) is 2.03. The topological polar surface area (TPSA) is 42.7 Å². The predicted molar refractivity (Wildman–Crippen MR) is 70.2 cm³/mol. The van der Waals surface area contributed by atoms with E-state index in [0.29, 0.717) is 12.2 Å². The highest BCUT2D eigenvalue weighted by atomic mass is 16.5. The summed E-state index contributed by atoms with van der Waals surface area (Å²) in [4.78, 5) is 7.05. The van der Waals surface area contributed by atoms with Gasteiger partial charge in [0.1, 0.15) is 11.5 Å². The molecule has 2 fully saturated rings. The van der Waals surface area contributed by atoms with E-state index in [0.717, 1.165) is 30.3 Å². The molecule has 3 heterocycles. The number of fused-ring (bicyclic) bond motifs is 2. The maximum absolute atomic E-state index is 5.84. The van der Waals surface area contributed by atoms with Crippen molar-refractivity contribution < 1.29 is 4.74 Å².